The highest BCUT2D eigenvalue weighted by Gasteiger charge is 2.16. The van der Waals surface area contributed by atoms with E-state index in [1.54, 1.807) is 37.3 Å². The quantitative estimate of drug-likeness (QED) is 0.758. The van der Waals surface area contributed by atoms with Gasteiger partial charge in [-0.1, -0.05) is 31.5 Å². The fraction of sp³-hybridized carbons (Fsp3) is 0.294. The minimum absolute atomic E-state index is 0.306. The molecular formula is C17H22N2O2S. The van der Waals surface area contributed by atoms with Gasteiger partial charge in [-0.2, -0.15) is 0 Å². The molecule has 0 fully saturated rings. The Morgan fingerprint density at radius 1 is 0.955 bits per heavy atom. The van der Waals surface area contributed by atoms with Crippen molar-refractivity contribution >= 4 is 21.4 Å². The second kappa shape index (κ2) is 7.31. The number of anilines is 2. The van der Waals surface area contributed by atoms with E-state index in [1.807, 2.05) is 18.2 Å². The summed E-state index contributed by atoms with van der Waals surface area (Å²) >= 11 is 0. The lowest BCUT2D eigenvalue weighted by Crippen LogP contribution is -2.14. The Kier molecular flexibility index (Phi) is 5.44. The lowest BCUT2D eigenvalue weighted by atomic mass is 10.2. The summed E-state index contributed by atoms with van der Waals surface area (Å²) in [7, 11) is -3.55. The van der Waals surface area contributed by atoms with E-state index in [0.29, 0.717) is 10.6 Å². The molecule has 0 saturated heterocycles. The SMILES string of the molecule is CCCCNc1ccc(NS(=O)(=O)c2ccccc2C)cc1. The van der Waals surface area contributed by atoms with Gasteiger partial charge in [0.25, 0.3) is 10.0 Å². The van der Waals surface area contributed by atoms with Crippen LogP contribution in [0.5, 0.6) is 0 Å². The maximum absolute atomic E-state index is 12.4. The average Bonchev–Trinajstić information content (AvgIpc) is 2.49. The third-order valence-electron chi connectivity index (χ3n) is 3.38. The molecule has 0 heterocycles. The highest BCUT2D eigenvalue weighted by atomic mass is 32.2. The smallest absolute Gasteiger partial charge is 0.262 e. The molecule has 2 N–H and O–H groups in total. The van der Waals surface area contributed by atoms with Gasteiger partial charge >= 0.3 is 0 Å². The standard InChI is InChI=1S/C17H22N2O2S/c1-3-4-13-18-15-9-11-16(12-10-15)19-22(20,21)17-8-6-5-7-14(17)2/h5-12,18-19H,3-4,13H2,1-2H3. The molecule has 0 unspecified atom stereocenters. The highest BCUT2D eigenvalue weighted by molar-refractivity contribution is 7.92. The molecule has 2 aromatic rings. The number of sulfonamides is 1. The topological polar surface area (TPSA) is 58.2 Å². The fourth-order valence-corrected chi connectivity index (χ4v) is 3.44. The second-order valence-corrected chi connectivity index (χ2v) is 6.88. The maximum Gasteiger partial charge on any atom is 0.262 e. The van der Waals surface area contributed by atoms with E-state index < -0.39 is 10.0 Å². The molecule has 0 aliphatic heterocycles. The van der Waals surface area contributed by atoms with Crippen LogP contribution in [-0.2, 0) is 10.0 Å². The predicted molar refractivity (Wildman–Crippen MR) is 91.8 cm³/mol. The summed E-state index contributed by atoms with van der Waals surface area (Å²) in [6.07, 6.45) is 2.25. The van der Waals surface area contributed by atoms with E-state index in [-0.39, 0.29) is 0 Å². The molecule has 0 aliphatic carbocycles. The van der Waals surface area contributed by atoms with Crippen molar-refractivity contribution in [1.82, 2.24) is 0 Å². The molecule has 0 atom stereocenters. The number of unbranched alkanes of at least 4 members (excludes halogenated alkanes) is 1. The molecule has 118 valence electrons. The van der Waals surface area contributed by atoms with Crippen LogP contribution >= 0.6 is 0 Å². The third-order valence-corrected chi connectivity index (χ3v) is 4.92. The molecule has 2 rings (SSSR count). The molecule has 0 aromatic heterocycles. The normalized spacial score (nSPS) is 11.2. The van der Waals surface area contributed by atoms with Crippen LogP contribution < -0.4 is 10.0 Å². The summed E-state index contributed by atoms with van der Waals surface area (Å²) in [6, 6.07) is 14.2. The van der Waals surface area contributed by atoms with Gasteiger partial charge in [-0.25, -0.2) is 8.42 Å². The van der Waals surface area contributed by atoms with Gasteiger partial charge in [0.2, 0.25) is 0 Å². The van der Waals surface area contributed by atoms with Gasteiger partial charge in [-0.15, -0.1) is 0 Å². The van der Waals surface area contributed by atoms with Gasteiger partial charge < -0.3 is 5.32 Å². The molecule has 0 saturated carbocycles. The highest BCUT2D eigenvalue weighted by Crippen LogP contribution is 2.20. The molecule has 2 aromatic carbocycles. The maximum atomic E-state index is 12.4. The first-order chi connectivity index (χ1) is 10.5. The summed E-state index contributed by atoms with van der Waals surface area (Å²) in [5.41, 5.74) is 2.28. The molecular weight excluding hydrogens is 296 g/mol. The Balaban J connectivity index is 2.09. The summed E-state index contributed by atoms with van der Waals surface area (Å²) in [6.45, 7) is 4.85. The number of hydrogen-bond donors (Lipinski definition) is 2. The summed E-state index contributed by atoms with van der Waals surface area (Å²) in [4.78, 5) is 0.306. The van der Waals surface area contributed by atoms with Crippen LogP contribution in [-0.4, -0.2) is 15.0 Å². The largest absolute Gasteiger partial charge is 0.385 e. The molecule has 0 spiro atoms. The van der Waals surface area contributed by atoms with Crippen LogP contribution in [0.1, 0.15) is 25.3 Å². The van der Waals surface area contributed by atoms with Gasteiger partial charge in [0.05, 0.1) is 4.90 Å². The number of nitrogens with one attached hydrogen (secondary N) is 2. The van der Waals surface area contributed by atoms with E-state index in [1.165, 1.54) is 0 Å². The van der Waals surface area contributed by atoms with Crippen LogP contribution in [0.25, 0.3) is 0 Å². The van der Waals surface area contributed by atoms with Gasteiger partial charge in [-0.3, -0.25) is 4.72 Å². The van der Waals surface area contributed by atoms with Crippen molar-refractivity contribution in [1.29, 1.82) is 0 Å². The van der Waals surface area contributed by atoms with Crippen LogP contribution in [0.2, 0.25) is 0 Å². The number of rotatable bonds is 7. The molecule has 0 aliphatic rings. The lowest BCUT2D eigenvalue weighted by molar-refractivity contribution is 0.600. The van der Waals surface area contributed by atoms with Crippen molar-refractivity contribution in [3.05, 3.63) is 54.1 Å². The van der Waals surface area contributed by atoms with E-state index in [9.17, 15) is 8.42 Å². The first-order valence-corrected chi connectivity index (χ1v) is 8.93. The zero-order valence-electron chi connectivity index (χ0n) is 13.0. The minimum atomic E-state index is -3.55. The Bertz CT molecular complexity index is 710. The van der Waals surface area contributed by atoms with Gasteiger partial charge in [0.1, 0.15) is 0 Å². The van der Waals surface area contributed by atoms with Crippen molar-refractivity contribution in [2.24, 2.45) is 0 Å². The molecule has 0 amide bonds. The predicted octanol–water partition coefficient (Wildman–Crippen LogP) is 4.01. The second-order valence-electron chi connectivity index (χ2n) is 5.23. The lowest BCUT2D eigenvalue weighted by Gasteiger charge is -2.11. The zero-order chi connectivity index (χ0) is 16.0. The Labute approximate surface area is 132 Å². The summed E-state index contributed by atoms with van der Waals surface area (Å²) in [5.74, 6) is 0. The first-order valence-electron chi connectivity index (χ1n) is 7.45. The van der Waals surface area contributed by atoms with Crippen LogP contribution in [0.4, 0.5) is 11.4 Å². The van der Waals surface area contributed by atoms with Gasteiger partial charge in [-0.05, 0) is 49.2 Å². The molecule has 0 bridgehead atoms. The van der Waals surface area contributed by atoms with Crippen LogP contribution in [0.3, 0.4) is 0 Å². The van der Waals surface area contributed by atoms with Crippen molar-refractivity contribution < 1.29 is 8.42 Å². The fourth-order valence-electron chi connectivity index (χ4n) is 2.13. The van der Waals surface area contributed by atoms with Crippen LogP contribution in [0.15, 0.2) is 53.4 Å². The average molecular weight is 318 g/mol. The Hall–Kier alpha value is -2.01. The summed E-state index contributed by atoms with van der Waals surface area (Å²) in [5, 5.41) is 3.30. The van der Waals surface area contributed by atoms with E-state index in [4.69, 9.17) is 0 Å². The Morgan fingerprint density at radius 2 is 1.59 bits per heavy atom. The van der Waals surface area contributed by atoms with Crippen molar-refractivity contribution in [3.8, 4) is 0 Å². The number of benzene rings is 2. The van der Waals surface area contributed by atoms with E-state index in [0.717, 1.165) is 30.6 Å². The van der Waals surface area contributed by atoms with Crippen molar-refractivity contribution in [2.75, 3.05) is 16.6 Å². The van der Waals surface area contributed by atoms with Crippen LogP contribution in [0, 0.1) is 6.92 Å². The Morgan fingerprint density at radius 3 is 2.23 bits per heavy atom. The van der Waals surface area contributed by atoms with E-state index >= 15 is 0 Å². The summed E-state index contributed by atoms with van der Waals surface area (Å²) < 4.78 is 27.4. The van der Waals surface area contributed by atoms with Gasteiger partial charge in [0.15, 0.2) is 0 Å². The number of hydrogen-bond acceptors (Lipinski definition) is 3. The zero-order valence-corrected chi connectivity index (χ0v) is 13.8. The molecule has 4 nitrogen and oxygen atoms in total. The third kappa shape index (κ3) is 4.24. The monoisotopic (exact) mass is 318 g/mol. The van der Waals surface area contributed by atoms with E-state index in [2.05, 4.69) is 17.0 Å². The number of aryl methyl sites for hydroxylation is 1. The molecule has 22 heavy (non-hydrogen) atoms. The van der Waals surface area contributed by atoms with Crippen molar-refractivity contribution in [2.45, 2.75) is 31.6 Å². The molecule has 5 heteroatoms. The minimum Gasteiger partial charge on any atom is -0.385 e. The van der Waals surface area contributed by atoms with Gasteiger partial charge in [0, 0.05) is 17.9 Å². The first kappa shape index (κ1) is 16.4. The van der Waals surface area contributed by atoms with Crippen molar-refractivity contribution in [3.63, 3.8) is 0 Å². The molecule has 0 radical (unpaired) electrons.